The van der Waals surface area contributed by atoms with Gasteiger partial charge < -0.3 is 18.9 Å². The lowest BCUT2D eigenvalue weighted by Crippen LogP contribution is -2.49. The normalized spacial score (nSPS) is 16.0. The van der Waals surface area contributed by atoms with Crippen LogP contribution in [-0.2, 0) is 24.9 Å². The number of hydrogen-bond acceptors (Lipinski definition) is 6. The van der Waals surface area contributed by atoms with Gasteiger partial charge in [-0.2, -0.15) is 5.10 Å². The second kappa shape index (κ2) is 8.18. The first kappa shape index (κ1) is 20.7. The molecule has 0 radical (unpaired) electrons. The van der Waals surface area contributed by atoms with Crippen LogP contribution < -0.4 is 15.0 Å². The van der Waals surface area contributed by atoms with Crippen LogP contribution in [0.3, 0.4) is 0 Å². The fraction of sp³-hybridized carbons (Fsp3) is 0.320. The molecule has 1 amide bonds. The second-order valence-electron chi connectivity index (χ2n) is 8.79. The molecule has 0 unspecified atom stereocenters. The highest BCUT2D eigenvalue weighted by molar-refractivity contribution is 6.07. The van der Waals surface area contributed by atoms with Gasteiger partial charge in [0.2, 0.25) is 12.7 Å². The molecule has 1 fully saturated rings. The van der Waals surface area contributed by atoms with Crippen LogP contribution in [0.2, 0.25) is 0 Å². The summed E-state index contributed by atoms with van der Waals surface area (Å²) in [5.41, 5.74) is 2.45. The Morgan fingerprint density at radius 3 is 2.65 bits per heavy atom. The van der Waals surface area contributed by atoms with E-state index in [4.69, 9.17) is 9.47 Å². The Morgan fingerprint density at radius 2 is 1.79 bits per heavy atom. The quantitative estimate of drug-likeness (QED) is 0.464. The van der Waals surface area contributed by atoms with Crippen LogP contribution in [0.4, 0.5) is 0 Å². The summed E-state index contributed by atoms with van der Waals surface area (Å²) in [5.74, 6) is 1.48. The number of piperazine rings is 1. The second-order valence-corrected chi connectivity index (χ2v) is 8.79. The summed E-state index contributed by atoms with van der Waals surface area (Å²) in [6.45, 7) is 3.78. The molecule has 2 aromatic heterocycles. The van der Waals surface area contributed by atoms with E-state index in [1.54, 1.807) is 6.20 Å². The number of fused-ring (bicyclic) bond motifs is 4. The molecule has 1 saturated heterocycles. The number of nitrogens with zero attached hydrogens (tertiary/aromatic N) is 5. The lowest BCUT2D eigenvalue weighted by molar-refractivity contribution is -0.133. The first-order valence-electron chi connectivity index (χ1n) is 11.4. The third-order valence-electron chi connectivity index (χ3n) is 6.76. The Kier molecular flexibility index (Phi) is 4.99. The van der Waals surface area contributed by atoms with Crippen molar-refractivity contribution >= 4 is 27.7 Å². The number of ether oxygens (including phenoxy) is 2. The molecular formula is C25H25N5O4. The maximum Gasteiger partial charge on any atom is 0.291 e. The van der Waals surface area contributed by atoms with Crippen LogP contribution in [0.5, 0.6) is 11.5 Å². The molecule has 0 bridgehead atoms. The van der Waals surface area contributed by atoms with Crippen LogP contribution in [0.25, 0.3) is 21.8 Å². The fourth-order valence-electron chi connectivity index (χ4n) is 4.91. The Labute approximate surface area is 195 Å². The number of aryl methyl sites for hydroxylation is 1. The molecule has 0 N–H and O–H groups in total. The standard InChI is InChI=1S/C25H25N5O4/c1-27-20-5-3-2-4-18(20)19-13-26-30(25(32)24(19)27)15-23(31)29-10-8-28(9-11-29)14-17-6-7-21-22(12-17)34-16-33-21/h2-7,12-13H,8-11,14-16H2,1H3. The van der Waals surface area contributed by atoms with E-state index in [9.17, 15) is 9.59 Å². The summed E-state index contributed by atoms with van der Waals surface area (Å²) < 4.78 is 14.0. The predicted octanol–water partition coefficient (Wildman–Crippen LogP) is 1.96. The smallest absolute Gasteiger partial charge is 0.291 e. The summed E-state index contributed by atoms with van der Waals surface area (Å²) in [4.78, 5) is 30.3. The van der Waals surface area contributed by atoms with Crippen LogP contribution in [-0.4, -0.2) is 63.0 Å². The SMILES string of the molecule is Cn1c2ccccc2c2cnn(CC(=O)N3CCN(Cc4ccc5c(c4)OCO5)CC3)c(=O)c21. The van der Waals surface area contributed by atoms with Gasteiger partial charge in [-0.25, -0.2) is 4.68 Å². The molecule has 9 heteroatoms. The van der Waals surface area contributed by atoms with Gasteiger partial charge in [-0.3, -0.25) is 14.5 Å². The van der Waals surface area contributed by atoms with Crippen molar-refractivity contribution in [2.75, 3.05) is 33.0 Å². The van der Waals surface area contributed by atoms with Crippen LogP contribution in [0, 0.1) is 0 Å². The molecule has 6 rings (SSSR count). The first-order chi connectivity index (χ1) is 16.6. The first-order valence-corrected chi connectivity index (χ1v) is 11.4. The minimum Gasteiger partial charge on any atom is -0.454 e. The zero-order valence-corrected chi connectivity index (χ0v) is 18.9. The lowest BCUT2D eigenvalue weighted by atomic mass is 10.1. The van der Waals surface area contributed by atoms with E-state index in [1.165, 1.54) is 4.68 Å². The topological polar surface area (TPSA) is 81.8 Å². The zero-order chi connectivity index (χ0) is 23.2. The zero-order valence-electron chi connectivity index (χ0n) is 18.9. The fourth-order valence-corrected chi connectivity index (χ4v) is 4.91. The number of carbonyl (C=O) groups excluding carboxylic acids is 1. The summed E-state index contributed by atoms with van der Waals surface area (Å²) >= 11 is 0. The Bertz CT molecular complexity index is 1470. The molecular weight excluding hydrogens is 434 g/mol. The van der Waals surface area contributed by atoms with Crippen LogP contribution >= 0.6 is 0 Å². The highest BCUT2D eigenvalue weighted by atomic mass is 16.7. The van der Waals surface area contributed by atoms with E-state index in [2.05, 4.69) is 10.00 Å². The van der Waals surface area contributed by atoms with E-state index in [1.807, 2.05) is 59.0 Å². The third kappa shape index (κ3) is 3.49. The Balaban J connectivity index is 1.13. The van der Waals surface area contributed by atoms with Crippen molar-refractivity contribution in [3.63, 3.8) is 0 Å². The van der Waals surface area contributed by atoms with E-state index in [0.717, 1.165) is 53.0 Å². The molecule has 174 valence electrons. The van der Waals surface area contributed by atoms with Gasteiger partial charge in [-0.1, -0.05) is 24.3 Å². The van der Waals surface area contributed by atoms with E-state index in [0.29, 0.717) is 18.6 Å². The van der Waals surface area contributed by atoms with Gasteiger partial charge in [-0.15, -0.1) is 0 Å². The monoisotopic (exact) mass is 459 g/mol. The number of hydrogen-bond donors (Lipinski definition) is 0. The predicted molar refractivity (Wildman–Crippen MR) is 127 cm³/mol. The number of rotatable bonds is 4. The molecule has 0 aliphatic carbocycles. The van der Waals surface area contributed by atoms with E-state index < -0.39 is 0 Å². The lowest BCUT2D eigenvalue weighted by Gasteiger charge is -2.34. The average molecular weight is 460 g/mol. The number of benzene rings is 2. The van der Waals surface area contributed by atoms with Crippen LogP contribution in [0.1, 0.15) is 5.56 Å². The van der Waals surface area contributed by atoms with Crippen molar-refractivity contribution in [3.05, 3.63) is 64.6 Å². The Hall–Kier alpha value is -3.85. The maximum atomic E-state index is 13.2. The van der Waals surface area contributed by atoms with Gasteiger partial charge >= 0.3 is 0 Å². The molecule has 4 aromatic rings. The molecule has 2 aliphatic heterocycles. The molecule has 9 nitrogen and oxygen atoms in total. The summed E-state index contributed by atoms with van der Waals surface area (Å²) in [7, 11) is 1.87. The molecule has 4 heterocycles. The Morgan fingerprint density at radius 1 is 1.00 bits per heavy atom. The maximum absolute atomic E-state index is 13.2. The van der Waals surface area contributed by atoms with Crippen LogP contribution in [0.15, 0.2) is 53.5 Å². The van der Waals surface area contributed by atoms with Gasteiger partial charge in [0.25, 0.3) is 5.56 Å². The minimum atomic E-state index is -0.244. The summed E-state index contributed by atoms with van der Waals surface area (Å²) in [6.07, 6.45) is 1.69. The van der Waals surface area contributed by atoms with Crippen molar-refractivity contribution in [2.24, 2.45) is 7.05 Å². The molecule has 0 atom stereocenters. The molecule has 2 aliphatic rings. The highest BCUT2D eigenvalue weighted by Crippen LogP contribution is 2.33. The van der Waals surface area contributed by atoms with Crippen molar-refractivity contribution < 1.29 is 14.3 Å². The largest absolute Gasteiger partial charge is 0.454 e. The number of amides is 1. The number of carbonyl (C=O) groups is 1. The van der Waals surface area contributed by atoms with Crippen molar-refractivity contribution in [1.29, 1.82) is 0 Å². The number of aromatic nitrogens is 3. The highest BCUT2D eigenvalue weighted by Gasteiger charge is 2.23. The molecule has 2 aromatic carbocycles. The number of para-hydroxylation sites is 1. The third-order valence-corrected chi connectivity index (χ3v) is 6.76. The minimum absolute atomic E-state index is 0.0571. The van der Waals surface area contributed by atoms with E-state index >= 15 is 0 Å². The van der Waals surface area contributed by atoms with Crippen molar-refractivity contribution in [3.8, 4) is 11.5 Å². The molecule has 0 spiro atoms. The summed E-state index contributed by atoms with van der Waals surface area (Å²) in [5, 5.41) is 6.11. The van der Waals surface area contributed by atoms with Gasteiger partial charge in [0, 0.05) is 56.1 Å². The molecule has 34 heavy (non-hydrogen) atoms. The van der Waals surface area contributed by atoms with Crippen molar-refractivity contribution in [2.45, 2.75) is 13.1 Å². The van der Waals surface area contributed by atoms with Crippen molar-refractivity contribution in [1.82, 2.24) is 24.1 Å². The van der Waals surface area contributed by atoms with Gasteiger partial charge in [0.05, 0.1) is 6.20 Å². The van der Waals surface area contributed by atoms with Gasteiger partial charge in [-0.05, 0) is 23.8 Å². The van der Waals surface area contributed by atoms with E-state index in [-0.39, 0.29) is 24.8 Å². The average Bonchev–Trinajstić information content (AvgIpc) is 3.44. The van der Waals surface area contributed by atoms with Gasteiger partial charge in [0.15, 0.2) is 11.5 Å². The van der Waals surface area contributed by atoms with Gasteiger partial charge in [0.1, 0.15) is 12.1 Å². The molecule has 0 saturated carbocycles. The summed E-state index contributed by atoms with van der Waals surface area (Å²) in [6, 6.07) is 13.9.